The third kappa shape index (κ3) is 2.46. The monoisotopic (exact) mass is 294 g/mol. The number of pyridine rings is 1. The molecule has 6 heteroatoms. The molecule has 0 amide bonds. The number of aromatic carboxylic acids is 1. The third-order valence-electron chi connectivity index (χ3n) is 3.37. The van der Waals surface area contributed by atoms with Crippen LogP contribution >= 0.6 is 0 Å². The van der Waals surface area contributed by atoms with Gasteiger partial charge in [0, 0.05) is 6.20 Å². The lowest BCUT2D eigenvalue weighted by molar-refractivity contribution is 0.0691. The van der Waals surface area contributed by atoms with Crippen molar-refractivity contribution in [3.63, 3.8) is 0 Å². The summed E-state index contributed by atoms with van der Waals surface area (Å²) in [5.41, 5.74) is 2.72. The predicted molar refractivity (Wildman–Crippen MR) is 80.9 cm³/mol. The van der Waals surface area contributed by atoms with Gasteiger partial charge in [-0.3, -0.25) is 4.98 Å². The molecule has 110 valence electrons. The highest BCUT2D eigenvalue weighted by atomic mass is 16.4. The lowest BCUT2D eigenvalue weighted by Crippen LogP contribution is -2.04. The van der Waals surface area contributed by atoms with E-state index in [2.05, 4.69) is 22.2 Å². The van der Waals surface area contributed by atoms with E-state index >= 15 is 0 Å². The van der Waals surface area contributed by atoms with Crippen molar-refractivity contribution in [1.82, 2.24) is 20.0 Å². The van der Waals surface area contributed by atoms with E-state index in [0.29, 0.717) is 11.4 Å². The van der Waals surface area contributed by atoms with Gasteiger partial charge in [0.25, 0.3) is 0 Å². The largest absolute Gasteiger partial charge is 0.476 e. The zero-order chi connectivity index (χ0) is 15.5. The van der Waals surface area contributed by atoms with Gasteiger partial charge in [-0.15, -0.1) is 5.10 Å². The first-order valence-electron chi connectivity index (χ1n) is 6.90. The molecule has 0 atom stereocenters. The molecule has 0 fully saturated rings. The molecular formula is C16H14N4O2. The standard InChI is InChI=1S/C16H14N4O2/c1-2-11-6-8-12(9-7-11)20-15(13-5-3-4-10-17-13)14(16(21)22)18-19-20/h3-10H,2H2,1H3,(H,21,22). The molecule has 3 rings (SSSR count). The minimum atomic E-state index is -1.13. The molecule has 0 aliphatic carbocycles. The lowest BCUT2D eigenvalue weighted by atomic mass is 10.1. The first kappa shape index (κ1) is 13.9. The molecule has 22 heavy (non-hydrogen) atoms. The van der Waals surface area contributed by atoms with Crippen LogP contribution in [0.4, 0.5) is 0 Å². The molecule has 0 saturated carbocycles. The van der Waals surface area contributed by atoms with Gasteiger partial charge in [0.1, 0.15) is 5.69 Å². The van der Waals surface area contributed by atoms with Gasteiger partial charge in [-0.25, -0.2) is 9.48 Å². The van der Waals surface area contributed by atoms with Crippen LogP contribution in [0.2, 0.25) is 0 Å². The maximum atomic E-state index is 11.4. The predicted octanol–water partition coefficient (Wildman–Crippen LogP) is 2.59. The Kier molecular flexibility index (Phi) is 3.65. The Morgan fingerprint density at radius 1 is 1.18 bits per heavy atom. The van der Waals surface area contributed by atoms with Gasteiger partial charge in [0.15, 0.2) is 5.69 Å². The average molecular weight is 294 g/mol. The second kappa shape index (κ2) is 5.77. The van der Waals surface area contributed by atoms with Gasteiger partial charge >= 0.3 is 5.97 Å². The number of benzene rings is 1. The van der Waals surface area contributed by atoms with Crippen LogP contribution in [-0.4, -0.2) is 31.1 Å². The van der Waals surface area contributed by atoms with E-state index in [-0.39, 0.29) is 5.69 Å². The molecule has 3 aromatic rings. The van der Waals surface area contributed by atoms with Crippen LogP contribution in [0.5, 0.6) is 0 Å². The van der Waals surface area contributed by atoms with Gasteiger partial charge in [-0.1, -0.05) is 30.3 Å². The van der Waals surface area contributed by atoms with Crippen LogP contribution in [0.25, 0.3) is 17.1 Å². The van der Waals surface area contributed by atoms with Gasteiger partial charge in [0.05, 0.1) is 11.4 Å². The lowest BCUT2D eigenvalue weighted by Gasteiger charge is -2.07. The molecular weight excluding hydrogens is 280 g/mol. The van der Waals surface area contributed by atoms with Gasteiger partial charge in [-0.2, -0.15) is 0 Å². The number of carboxylic acids is 1. The highest BCUT2D eigenvalue weighted by Gasteiger charge is 2.22. The molecule has 0 bridgehead atoms. The number of carbonyl (C=O) groups is 1. The zero-order valence-corrected chi connectivity index (χ0v) is 12.0. The van der Waals surface area contributed by atoms with Gasteiger partial charge in [-0.05, 0) is 36.2 Å². The number of hydrogen-bond donors (Lipinski definition) is 1. The molecule has 0 unspecified atom stereocenters. The summed E-state index contributed by atoms with van der Waals surface area (Å²) in [6.45, 7) is 2.08. The van der Waals surface area contributed by atoms with Crippen LogP contribution in [0, 0.1) is 0 Å². The number of carboxylic acid groups (broad SMARTS) is 1. The van der Waals surface area contributed by atoms with Crippen molar-refractivity contribution in [2.75, 3.05) is 0 Å². The molecule has 1 N–H and O–H groups in total. The maximum absolute atomic E-state index is 11.4. The van der Waals surface area contributed by atoms with Crippen LogP contribution < -0.4 is 0 Å². The van der Waals surface area contributed by atoms with Crippen molar-refractivity contribution in [2.45, 2.75) is 13.3 Å². The molecule has 1 aromatic carbocycles. The second-order valence-electron chi connectivity index (χ2n) is 4.74. The van der Waals surface area contributed by atoms with Gasteiger partial charge in [0.2, 0.25) is 0 Å². The van der Waals surface area contributed by atoms with Crippen molar-refractivity contribution >= 4 is 5.97 Å². The van der Waals surface area contributed by atoms with Crippen LogP contribution in [0.1, 0.15) is 23.0 Å². The fourth-order valence-corrected chi connectivity index (χ4v) is 2.21. The Morgan fingerprint density at radius 2 is 1.95 bits per heavy atom. The van der Waals surface area contributed by atoms with Crippen LogP contribution in [0.15, 0.2) is 48.7 Å². The molecule has 0 aliphatic rings. The highest BCUT2D eigenvalue weighted by molar-refractivity contribution is 5.92. The SMILES string of the molecule is CCc1ccc(-n2nnc(C(=O)O)c2-c2ccccn2)cc1. The Morgan fingerprint density at radius 3 is 2.55 bits per heavy atom. The molecule has 0 spiro atoms. The quantitative estimate of drug-likeness (QED) is 0.800. The number of aryl methyl sites for hydroxylation is 1. The van der Waals surface area contributed by atoms with E-state index in [1.165, 1.54) is 10.2 Å². The fraction of sp³-hybridized carbons (Fsp3) is 0.125. The Labute approximate surface area is 127 Å². The number of hydrogen-bond acceptors (Lipinski definition) is 4. The molecule has 6 nitrogen and oxygen atoms in total. The van der Waals surface area contributed by atoms with Crippen LogP contribution in [-0.2, 0) is 6.42 Å². The minimum Gasteiger partial charge on any atom is -0.476 e. The van der Waals surface area contributed by atoms with Crippen LogP contribution in [0.3, 0.4) is 0 Å². The van der Waals surface area contributed by atoms with Crippen molar-refractivity contribution < 1.29 is 9.90 Å². The Bertz CT molecular complexity index is 795. The Hall–Kier alpha value is -3.02. The average Bonchev–Trinajstić information content (AvgIpc) is 3.01. The van der Waals surface area contributed by atoms with E-state index in [0.717, 1.165) is 12.1 Å². The third-order valence-corrected chi connectivity index (χ3v) is 3.37. The van der Waals surface area contributed by atoms with Crippen molar-refractivity contribution in [3.05, 3.63) is 59.9 Å². The summed E-state index contributed by atoms with van der Waals surface area (Å²) in [6.07, 6.45) is 2.55. The summed E-state index contributed by atoms with van der Waals surface area (Å²) >= 11 is 0. The maximum Gasteiger partial charge on any atom is 0.358 e. The summed E-state index contributed by atoms with van der Waals surface area (Å²) < 4.78 is 1.51. The van der Waals surface area contributed by atoms with Gasteiger partial charge < -0.3 is 5.11 Å². The molecule has 0 saturated heterocycles. The molecule has 2 aromatic heterocycles. The van der Waals surface area contributed by atoms with Crippen molar-refractivity contribution in [3.8, 4) is 17.1 Å². The summed E-state index contributed by atoms with van der Waals surface area (Å²) in [5.74, 6) is -1.13. The van der Waals surface area contributed by atoms with E-state index in [1.807, 2.05) is 24.3 Å². The normalized spacial score (nSPS) is 10.6. The van der Waals surface area contributed by atoms with Crippen molar-refractivity contribution in [2.24, 2.45) is 0 Å². The first-order valence-corrected chi connectivity index (χ1v) is 6.90. The second-order valence-corrected chi connectivity index (χ2v) is 4.74. The Balaban J connectivity index is 2.17. The van der Waals surface area contributed by atoms with E-state index in [1.54, 1.807) is 24.4 Å². The smallest absolute Gasteiger partial charge is 0.358 e. The fourth-order valence-electron chi connectivity index (χ4n) is 2.21. The van der Waals surface area contributed by atoms with Crippen molar-refractivity contribution in [1.29, 1.82) is 0 Å². The van der Waals surface area contributed by atoms with E-state index in [9.17, 15) is 9.90 Å². The zero-order valence-electron chi connectivity index (χ0n) is 12.0. The molecule has 0 radical (unpaired) electrons. The highest BCUT2D eigenvalue weighted by Crippen LogP contribution is 2.23. The minimum absolute atomic E-state index is 0.113. The summed E-state index contributed by atoms with van der Waals surface area (Å²) in [7, 11) is 0. The van der Waals surface area contributed by atoms with E-state index in [4.69, 9.17) is 0 Å². The molecule has 2 heterocycles. The summed E-state index contributed by atoms with van der Waals surface area (Å²) in [5, 5.41) is 17.1. The summed E-state index contributed by atoms with van der Waals surface area (Å²) in [4.78, 5) is 15.6. The topological polar surface area (TPSA) is 80.9 Å². The number of nitrogens with zero attached hydrogens (tertiary/aromatic N) is 4. The first-order chi connectivity index (χ1) is 10.7. The number of rotatable bonds is 4. The molecule has 0 aliphatic heterocycles. The number of aromatic nitrogens is 4. The van der Waals surface area contributed by atoms with E-state index < -0.39 is 5.97 Å². The summed E-state index contributed by atoms with van der Waals surface area (Å²) in [6, 6.07) is 13.1.